The second kappa shape index (κ2) is 15.3. The molecule has 2 N–H and O–H groups in total. The minimum Gasteiger partial charge on any atom is -0.462 e. The summed E-state index contributed by atoms with van der Waals surface area (Å²) in [5.74, 6) is -0.182. The fourth-order valence-electron chi connectivity index (χ4n) is 6.84. The summed E-state index contributed by atoms with van der Waals surface area (Å²) in [6.45, 7) is 4.04. The molecule has 7 rings (SSSR count). The molecule has 50 heavy (non-hydrogen) atoms. The van der Waals surface area contributed by atoms with Crippen molar-refractivity contribution in [3.8, 4) is 0 Å². The Morgan fingerprint density at radius 3 is 2.58 bits per heavy atom. The van der Waals surface area contributed by atoms with E-state index in [9.17, 15) is 14.4 Å². The predicted octanol–water partition coefficient (Wildman–Crippen LogP) is 9.71. The van der Waals surface area contributed by atoms with E-state index in [1.54, 1.807) is 18.7 Å². The van der Waals surface area contributed by atoms with Gasteiger partial charge in [-0.1, -0.05) is 79.8 Å². The van der Waals surface area contributed by atoms with Gasteiger partial charge < -0.3 is 15.4 Å². The molecule has 2 aliphatic carbocycles. The van der Waals surface area contributed by atoms with Crippen LogP contribution < -0.4 is 15.5 Å². The van der Waals surface area contributed by atoms with Crippen molar-refractivity contribution in [1.29, 1.82) is 0 Å². The van der Waals surface area contributed by atoms with Crippen LogP contribution in [0.3, 0.4) is 0 Å². The fraction of sp³-hybridized carbons (Fsp3) is 0.275. The molecular weight excluding hydrogens is 683 g/mol. The predicted molar refractivity (Wildman–Crippen MR) is 206 cm³/mol. The van der Waals surface area contributed by atoms with Gasteiger partial charge in [0.15, 0.2) is 0 Å². The normalized spacial score (nSPS) is 19.5. The Kier molecular flexibility index (Phi) is 10.5. The Bertz CT molecular complexity index is 1960. The van der Waals surface area contributed by atoms with Crippen molar-refractivity contribution >= 4 is 69.1 Å². The first-order chi connectivity index (χ1) is 24.4. The number of carbonyl (C=O) groups is 3. The van der Waals surface area contributed by atoms with Crippen LogP contribution in [-0.4, -0.2) is 41.1 Å². The molecule has 1 aliphatic heterocycles. The summed E-state index contributed by atoms with van der Waals surface area (Å²) in [7, 11) is 0. The highest BCUT2D eigenvalue weighted by atomic mass is 32.2. The van der Waals surface area contributed by atoms with Crippen LogP contribution in [0.2, 0.25) is 0 Å². The van der Waals surface area contributed by atoms with Crippen molar-refractivity contribution < 1.29 is 19.1 Å². The number of rotatable bonds is 9. The molecule has 256 valence electrons. The number of thioether (sulfide) groups is 2. The summed E-state index contributed by atoms with van der Waals surface area (Å²) in [6.07, 6.45) is 11.3. The molecule has 3 amide bonds. The summed E-state index contributed by atoms with van der Waals surface area (Å²) in [5.41, 5.74) is 4.34. The topological polar surface area (TPSA) is 87.7 Å². The second-order valence-corrected chi connectivity index (χ2v) is 16.0. The van der Waals surface area contributed by atoms with Gasteiger partial charge in [0, 0.05) is 20.4 Å². The number of thiophene rings is 1. The van der Waals surface area contributed by atoms with Gasteiger partial charge >= 0.3 is 12.0 Å². The summed E-state index contributed by atoms with van der Waals surface area (Å²) in [6, 6.07) is 25.8. The highest BCUT2D eigenvalue weighted by Gasteiger charge is 2.37. The standard InChI is InChI=1S/C40H39N3O4S3/c1-3-32(37(44)42-38-36(39(45)47-4-2)29-22-21-26(23-35(29)50-38)25-13-6-5-7-14-25)48-28-16-12-15-27(24-28)41-40(46)43-30-17-8-10-19-33(30)49-34-20-11-9-18-31(34)43/h5-20,24,26,30,32-33H,3-4,21-23H2,1-2H3,(H,41,46)(H,42,44). The van der Waals surface area contributed by atoms with Crippen molar-refractivity contribution in [2.24, 2.45) is 0 Å². The number of nitrogens with one attached hydrogen (secondary N) is 2. The zero-order valence-corrected chi connectivity index (χ0v) is 30.4. The van der Waals surface area contributed by atoms with E-state index >= 15 is 0 Å². The van der Waals surface area contributed by atoms with Crippen molar-refractivity contribution in [3.05, 3.63) is 125 Å². The van der Waals surface area contributed by atoms with Crippen LogP contribution in [0, 0.1) is 0 Å². The second-order valence-electron chi connectivity index (χ2n) is 12.4. The van der Waals surface area contributed by atoms with E-state index in [1.807, 2.05) is 72.5 Å². The van der Waals surface area contributed by atoms with E-state index in [0.29, 0.717) is 28.6 Å². The number of anilines is 3. The van der Waals surface area contributed by atoms with E-state index in [1.165, 1.54) is 28.7 Å². The highest BCUT2D eigenvalue weighted by molar-refractivity contribution is 8.00. The summed E-state index contributed by atoms with van der Waals surface area (Å²) in [4.78, 5) is 45.8. The number of esters is 1. The lowest BCUT2D eigenvalue weighted by Gasteiger charge is -2.40. The van der Waals surface area contributed by atoms with E-state index < -0.39 is 5.25 Å². The molecule has 2 heterocycles. The lowest BCUT2D eigenvalue weighted by molar-refractivity contribution is -0.115. The molecule has 0 radical (unpaired) electrons. The van der Waals surface area contributed by atoms with Crippen LogP contribution in [0.1, 0.15) is 59.0 Å². The summed E-state index contributed by atoms with van der Waals surface area (Å²) < 4.78 is 5.47. The van der Waals surface area contributed by atoms with Gasteiger partial charge in [-0.3, -0.25) is 9.69 Å². The number of nitrogens with zero attached hydrogens (tertiary/aromatic N) is 1. The number of amides is 3. The zero-order chi connectivity index (χ0) is 34.6. The molecule has 4 aromatic rings. The van der Waals surface area contributed by atoms with Gasteiger partial charge in [0.05, 0.1) is 34.4 Å². The van der Waals surface area contributed by atoms with Crippen LogP contribution >= 0.6 is 34.9 Å². The van der Waals surface area contributed by atoms with Gasteiger partial charge in [-0.2, -0.15) is 0 Å². The molecule has 7 nitrogen and oxygen atoms in total. The first kappa shape index (κ1) is 34.2. The van der Waals surface area contributed by atoms with Gasteiger partial charge in [0.1, 0.15) is 5.00 Å². The minimum atomic E-state index is -0.418. The molecule has 4 unspecified atom stereocenters. The molecule has 10 heteroatoms. The largest absolute Gasteiger partial charge is 0.462 e. The van der Waals surface area contributed by atoms with Crippen molar-refractivity contribution in [1.82, 2.24) is 0 Å². The van der Waals surface area contributed by atoms with Crippen molar-refractivity contribution in [3.63, 3.8) is 0 Å². The minimum absolute atomic E-state index is 0.0998. The molecule has 1 aromatic heterocycles. The molecule has 0 spiro atoms. The molecular formula is C40H39N3O4S3. The van der Waals surface area contributed by atoms with Crippen molar-refractivity contribution in [2.45, 2.75) is 71.8 Å². The maximum Gasteiger partial charge on any atom is 0.341 e. The van der Waals surface area contributed by atoms with Crippen LogP contribution in [-0.2, 0) is 22.4 Å². The van der Waals surface area contributed by atoms with Gasteiger partial charge in [0.25, 0.3) is 0 Å². The Labute approximate surface area is 305 Å². The maximum absolute atomic E-state index is 13.8. The van der Waals surface area contributed by atoms with E-state index in [2.05, 4.69) is 53.1 Å². The number of allylic oxidation sites excluding steroid dienone is 2. The lowest BCUT2D eigenvalue weighted by atomic mass is 9.83. The summed E-state index contributed by atoms with van der Waals surface area (Å²) in [5, 5.41) is 6.53. The molecule has 0 saturated carbocycles. The first-order valence-corrected chi connectivity index (χ1v) is 19.7. The quantitative estimate of drug-likeness (QED) is 0.132. The Morgan fingerprint density at radius 1 is 0.960 bits per heavy atom. The summed E-state index contributed by atoms with van der Waals surface area (Å²) >= 11 is 4.71. The third-order valence-corrected chi connectivity index (χ3v) is 13.1. The van der Waals surface area contributed by atoms with Crippen LogP contribution in [0.15, 0.2) is 113 Å². The smallest absolute Gasteiger partial charge is 0.341 e. The van der Waals surface area contributed by atoms with Crippen molar-refractivity contribution in [2.75, 3.05) is 22.1 Å². The van der Waals surface area contributed by atoms with Gasteiger partial charge in [-0.25, -0.2) is 9.59 Å². The average molecular weight is 722 g/mol. The van der Waals surface area contributed by atoms with Crippen LogP contribution in [0.4, 0.5) is 21.2 Å². The van der Waals surface area contributed by atoms with E-state index in [0.717, 1.165) is 45.2 Å². The Morgan fingerprint density at radius 2 is 1.76 bits per heavy atom. The number of hydrogen-bond donors (Lipinski definition) is 2. The third-order valence-electron chi connectivity index (χ3n) is 9.24. The van der Waals surface area contributed by atoms with Gasteiger partial charge in [-0.15, -0.1) is 34.9 Å². The number of carbonyl (C=O) groups excluding carboxylic acids is 3. The molecule has 0 saturated heterocycles. The van der Waals surface area contributed by atoms with E-state index in [4.69, 9.17) is 4.74 Å². The highest BCUT2D eigenvalue weighted by Crippen LogP contribution is 2.45. The molecule has 0 fully saturated rings. The zero-order valence-electron chi connectivity index (χ0n) is 28.0. The van der Waals surface area contributed by atoms with Gasteiger partial charge in [-0.05, 0) is 80.0 Å². The molecule has 3 aromatic carbocycles. The van der Waals surface area contributed by atoms with Crippen LogP contribution in [0.5, 0.6) is 0 Å². The average Bonchev–Trinajstić information content (AvgIpc) is 3.50. The molecule has 0 bridgehead atoms. The fourth-order valence-corrected chi connectivity index (χ4v) is 10.4. The monoisotopic (exact) mass is 721 g/mol. The number of urea groups is 1. The van der Waals surface area contributed by atoms with Crippen LogP contribution in [0.25, 0.3) is 0 Å². The lowest BCUT2D eigenvalue weighted by Crippen LogP contribution is -2.49. The number of para-hydroxylation sites is 1. The number of fused-ring (bicyclic) bond motifs is 3. The molecule has 3 aliphatic rings. The third kappa shape index (κ3) is 7.15. The Hall–Kier alpha value is -4.25. The van der Waals surface area contributed by atoms with E-state index in [-0.39, 0.29) is 35.8 Å². The SMILES string of the molecule is CCOC(=O)c1c(NC(=O)C(CC)Sc2cccc(NC(=O)N3c4ccccc4SC4C=CC=CC43)c2)sc2c1CCC(c1ccccc1)C2. The maximum atomic E-state index is 13.8. The number of hydrogen-bond acceptors (Lipinski definition) is 7. The molecule has 4 atom stereocenters. The number of benzene rings is 3. The number of ether oxygens (including phenoxy) is 1. The Balaban J connectivity index is 1.07. The van der Waals surface area contributed by atoms with Gasteiger partial charge in [0.2, 0.25) is 5.91 Å². The first-order valence-electron chi connectivity index (χ1n) is 17.1.